The molecule has 8 nitrogen and oxygen atoms in total. The number of aryl methyl sites for hydroxylation is 1. The van der Waals surface area contributed by atoms with Crippen molar-refractivity contribution in [1.29, 1.82) is 0 Å². The van der Waals surface area contributed by atoms with E-state index in [2.05, 4.69) is 9.97 Å². The van der Waals surface area contributed by atoms with Crippen molar-refractivity contribution >= 4 is 17.2 Å². The van der Waals surface area contributed by atoms with Crippen molar-refractivity contribution in [2.75, 3.05) is 18.6 Å². The van der Waals surface area contributed by atoms with E-state index >= 15 is 0 Å². The Morgan fingerprint density at radius 1 is 1.07 bits per heavy atom. The zero-order chi connectivity index (χ0) is 19.5. The lowest BCUT2D eigenvalue weighted by Crippen LogP contribution is -2.26. The standard InChI is InChI=1S/C20H18N4O4/c1-27-15-8-10-16(11-9-15)28-20-18(24(25)26)19(21-13-22-20)23-12-4-6-14-5-2-3-7-17(14)23/h2-3,5,7-11,13H,4,6,12H2,1H3. The monoisotopic (exact) mass is 378 g/mol. The van der Waals surface area contributed by atoms with E-state index in [0.717, 1.165) is 24.1 Å². The number of nitro groups is 1. The Morgan fingerprint density at radius 3 is 2.57 bits per heavy atom. The van der Waals surface area contributed by atoms with Gasteiger partial charge in [0.05, 0.1) is 12.0 Å². The summed E-state index contributed by atoms with van der Waals surface area (Å²) in [5, 5.41) is 11.9. The molecule has 0 bridgehead atoms. The topological polar surface area (TPSA) is 90.6 Å². The lowest BCUT2D eigenvalue weighted by molar-refractivity contribution is -0.385. The number of benzene rings is 2. The van der Waals surface area contributed by atoms with Crippen LogP contribution in [0.1, 0.15) is 12.0 Å². The van der Waals surface area contributed by atoms with Crippen molar-refractivity contribution in [3.05, 3.63) is 70.5 Å². The van der Waals surface area contributed by atoms with Crippen molar-refractivity contribution in [2.45, 2.75) is 12.8 Å². The molecule has 0 spiro atoms. The molecule has 4 rings (SSSR count). The highest BCUT2D eigenvalue weighted by molar-refractivity contribution is 5.73. The summed E-state index contributed by atoms with van der Waals surface area (Å²) in [7, 11) is 1.56. The Balaban J connectivity index is 1.75. The van der Waals surface area contributed by atoms with E-state index in [0.29, 0.717) is 18.0 Å². The highest BCUT2D eigenvalue weighted by atomic mass is 16.6. The average molecular weight is 378 g/mol. The minimum atomic E-state index is -0.495. The number of methoxy groups -OCH3 is 1. The number of rotatable bonds is 5. The molecule has 0 unspecified atom stereocenters. The van der Waals surface area contributed by atoms with Crippen molar-refractivity contribution < 1.29 is 14.4 Å². The maximum absolute atomic E-state index is 11.9. The lowest BCUT2D eigenvalue weighted by Gasteiger charge is -2.29. The molecule has 0 fully saturated rings. The fourth-order valence-electron chi connectivity index (χ4n) is 3.29. The first kappa shape index (κ1) is 17.7. The van der Waals surface area contributed by atoms with Crippen molar-refractivity contribution in [3.63, 3.8) is 0 Å². The summed E-state index contributed by atoms with van der Waals surface area (Å²) in [6.07, 6.45) is 3.10. The van der Waals surface area contributed by atoms with Crippen LogP contribution in [0.3, 0.4) is 0 Å². The molecular weight excluding hydrogens is 360 g/mol. The summed E-state index contributed by atoms with van der Waals surface area (Å²) in [6.45, 7) is 0.636. The third-order valence-electron chi connectivity index (χ3n) is 4.59. The van der Waals surface area contributed by atoms with Gasteiger partial charge in [0.1, 0.15) is 17.8 Å². The van der Waals surface area contributed by atoms with Gasteiger partial charge in [-0.2, -0.15) is 4.98 Å². The molecule has 1 aliphatic heterocycles. The number of para-hydroxylation sites is 1. The van der Waals surface area contributed by atoms with E-state index < -0.39 is 4.92 Å². The van der Waals surface area contributed by atoms with E-state index in [9.17, 15) is 10.1 Å². The quantitative estimate of drug-likeness (QED) is 0.484. The molecule has 2 aromatic carbocycles. The highest BCUT2D eigenvalue weighted by Crippen LogP contribution is 2.41. The summed E-state index contributed by atoms with van der Waals surface area (Å²) in [5.41, 5.74) is 1.81. The van der Waals surface area contributed by atoms with Gasteiger partial charge in [-0.25, -0.2) is 4.98 Å². The fourth-order valence-corrected chi connectivity index (χ4v) is 3.29. The van der Waals surface area contributed by atoms with Crippen LogP contribution in [0.5, 0.6) is 17.4 Å². The van der Waals surface area contributed by atoms with Crippen LogP contribution in [-0.2, 0) is 6.42 Å². The summed E-state index contributed by atoms with van der Waals surface area (Å²) >= 11 is 0. The zero-order valence-corrected chi connectivity index (χ0v) is 15.2. The molecule has 142 valence electrons. The average Bonchev–Trinajstić information content (AvgIpc) is 2.73. The molecule has 8 heteroatoms. The Kier molecular flexibility index (Phi) is 4.76. The molecular formula is C20H18N4O4. The third-order valence-corrected chi connectivity index (χ3v) is 4.59. The maximum Gasteiger partial charge on any atom is 0.373 e. The molecule has 0 aliphatic carbocycles. The lowest BCUT2D eigenvalue weighted by atomic mass is 10.0. The van der Waals surface area contributed by atoms with Gasteiger partial charge in [-0.1, -0.05) is 18.2 Å². The molecule has 0 atom stereocenters. The second-order valence-electron chi connectivity index (χ2n) is 6.27. The maximum atomic E-state index is 11.9. The summed E-state index contributed by atoms with van der Waals surface area (Å²) in [6, 6.07) is 14.6. The van der Waals surface area contributed by atoms with Gasteiger partial charge in [0, 0.05) is 12.2 Å². The Hall–Kier alpha value is -3.68. The minimum absolute atomic E-state index is 0.0942. The Bertz CT molecular complexity index is 1010. The van der Waals surface area contributed by atoms with Gasteiger partial charge >= 0.3 is 11.6 Å². The van der Waals surface area contributed by atoms with Crippen molar-refractivity contribution in [2.24, 2.45) is 0 Å². The van der Waals surface area contributed by atoms with Gasteiger partial charge in [0.25, 0.3) is 0 Å². The molecule has 0 radical (unpaired) electrons. The van der Waals surface area contributed by atoms with Crippen molar-refractivity contribution in [1.82, 2.24) is 9.97 Å². The highest BCUT2D eigenvalue weighted by Gasteiger charge is 2.31. The SMILES string of the molecule is COc1ccc(Oc2ncnc(N3CCCc4ccccc43)c2[N+](=O)[O-])cc1. The van der Waals surface area contributed by atoms with Gasteiger partial charge in [0.2, 0.25) is 5.82 Å². The van der Waals surface area contributed by atoms with Gasteiger partial charge in [0.15, 0.2) is 0 Å². The molecule has 0 saturated heterocycles. The van der Waals surface area contributed by atoms with Crippen LogP contribution in [0, 0.1) is 10.1 Å². The molecule has 1 aromatic heterocycles. The number of ether oxygens (including phenoxy) is 2. The van der Waals surface area contributed by atoms with E-state index in [4.69, 9.17) is 9.47 Å². The predicted octanol–water partition coefficient (Wildman–Crippen LogP) is 4.27. The number of fused-ring (bicyclic) bond motifs is 1. The molecule has 3 aromatic rings. The van der Waals surface area contributed by atoms with E-state index in [1.54, 1.807) is 31.4 Å². The Morgan fingerprint density at radius 2 is 1.82 bits per heavy atom. The number of aromatic nitrogens is 2. The molecule has 2 heterocycles. The van der Waals surface area contributed by atoms with Crippen LogP contribution in [0.25, 0.3) is 0 Å². The molecule has 0 amide bonds. The van der Waals surface area contributed by atoms with Gasteiger partial charge in [-0.15, -0.1) is 0 Å². The molecule has 0 saturated carbocycles. The smallest absolute Gasteiger partial charge is 0.373 e. The fraction of sp³-hybridized carbons (Fsp3) is 0.200. The van der Waals surface area contributed by atoms with Gasteiger partial charge in [-0.3, -0.25) is 10.1 Å². The number of hydrogen-bond donors (Lipinski definition) is 0. The van der Waals surface area contributed by atoms with Crippen LogP contribution in [-0.4, -0.2) is 28.5 Å². The number of anilines is 2. The van der Waals surface area contributed by atoms with Crippen LogP contribution in [0.15, 0.2) is 54.9 Å². The first-order chi connectivity index (χ1) is 13.7. The van der Waals surface area contributed by atoms with E-state index in [-0.39, 0.29) is 17.4 Å². The van der Waals surface area contributed by atoms with Crippen molar-refractivity contribution in [3.8, 4) is 17.4 Å². The van der Waals surface area contributed by atoms with E-state index in [1.807, 2.05) is 29.2 Å². The first-order valence-corrected chi connectivity index (χ1v) is 8.84. The normalized spacial score (nSPS) is 13.0. The molecule has 0 N–H and O–H groups in total. The van der Waals surface area contributed by atoms with Crippen LogP contribution in [0.2, 0.25) is 0 Å². The summed E-state index contributed by atoms with van der Waals surface area (Å²) < 4.78 is 10.8. The second kappa shape index (κ2) is 7.51. The second-order valence-corrected chi connectivity index (χ2v) is 6.27. The van der Waals surface area contributed by atoms with Crippen LogP contribution >= 0.6 is 0 Å². The third kappa shape index (κ3) is 3.32. The van der Waals surface area contributed by atoms with Crippen LogP contribution < -0.4 is 14.4 Å². The minimum Gasteiger partial charge on any atom is -0.497 e. The number of nitrogens with zero attached hydrogens (tertiary/aromatic N) is 4. The molecule has 1 aliphatic rings. The first-order valence-electron chi connectivity index (χ1n) is 8.84. The van der Waals surface area contributed by atoms with E-state index in [1.165, 1.54) is 6.33 Å². The number of hydrogen-bond acceptors (Lipinski definition) is 7. The summed E-state index contributed by atoms with van der Waals surface area (Å²) in [4.78, 5) is 21.5. The Labute approximate surface area is 161 Å². The van der Waals surface area contributed by atoms with Gasteiger partial charge in [-0.05, 0) is 48.7 Å². The molecule has 28 heavy (non-hydrogen) atoms. The zero-order valence-electron chi connectivity index (χ0n) is 15.2. The summed E-state index contributed by atoms with van der Waals surface area (Å²) in [5.74, 6) is 1.22. The largest absolute Gasteiger partial charge is 0.497 e. The van der Waals surface area contributed by atoms with Crippen LogP contribution in [0.4, 0.5) is 17.2 Å². The van der Waals surface area contributed by atoms with Gasteiger partial charge < -0.3 is 14.4 Å². The predicted molar refractivity (Wildman–Crippen MR) is 104 cm³/mol.